The standard InChI is InChI=1S/C31H31N3O4/c1-22-25(19-27(24-8-4-3-5-9-24)34(22)26-10-6-7-11-28(26)36-2)31(35)33-16-14-32(15-17-33)20-23-12-13-29-30(18-23)38-21-37-29/h3-13,18-19H,14-17,20-21H2,1-2H3. The third-order valence-corrected chi connectivity index (χ3v) is 7.38. The molecule has 0 spiro atoms. The molecule has 1 aromatic heterocycles. The quantitative estimate of drug-likeness (QED) is 0.360. The van der Waals surface area contributed by atoms with Gasteiger partial charge in [-0.05, 0) is 48.4 Å². The largest absolute Gasteiger partial charge is 0.495 e. The Labute approximate surface area is 222 Å². The molecule has 1 saturated heterocycles. The van der Waals surface area contributed by atoms with Gasteiger partial charge in [0, 0.05) is 38.4 Å². The second kappa shape index (κ2) is 10.3. The van der Waals surface area contributed by atoms with Gasteiger partial charge in [0.1, 0.15) is 5.75 Å². The highest BCUT2D eigenvalue weighted by molar-refractivity contribution is 5.97. The van der Waals surface area contributed by atoms with E-state index in [1.807, 2.05) is 66.4 Å². The number of para-hydroxylation sites is 2. The molecule has 3 aromatic carbocycles. The van der Waals surface area contributed by atoms with Crippen LogP contribution in [0.25, 0.3) is 16.9 Å². The fourth-order valence-corrected chi connectivity index (χ4v) is 5.35. The van der Waals surface area contributed by atoms with Crippen molar-refractivity contribution in [1.29, 1.82) is 0 Å². The average Bonchev–Trinajstić information content (AvgIpc) is 3.57. The van der Waals surface area contributed by atoms with Gasteiger partial charge in [-0.2, -0.15) is 0 Å². The lowest BCUT2D eigenvalue weighted by molar-refractivity contribution is 0.0628. The molecular weight excluding hydrogens is 478 g/mol. The number of amides is 1. The van der Waals surface area contributed by atoms with Crippen molar-refractivity contribution < 1.29 is 19.0 Å². The molecule has 0 bridgehead atoms. The number of hydrogen-bond donors (Lipinski definition) is 0. The molecule has 0 radical (unpaired) electrons. The SMILES string of the molecule is COc1ccccc1-n1c(-c2ccccc2)cc(C(=O)N2CCN(Cc3ccc4c(c3)OCO4)CC2)c1C. The maximum atomic E-state index is 13.8. The zero-order valence-corrected chi connectivity index (χ0v) is 21.7. The van der Waals surface area contributed by atoms with E-state index in [9.17, 15) is 4.79 Å². The first kappa shape index (κ1) is 24.1. The van der Waals surface area contributed by atoms with E-state index in [2.05, 4.69) is 33.7 Å². The fraction of sp³-hybridized carbons (Fsp3) is 0.258. The van der Waals surface area contributed by atoms with E-state index in [1.54, 1.807) is 7.11 Å². The van der Waals surface area contributed by atoms with E-state index < -0.39 is 0 Å². The number of rotatable bonds is 6. The van der Waals surface area contributed by atoms with E-state index in [0.717, 1.165) is 65.1 Å². The molecule has 1 fully saturated rings. The van der Waals surface area contributed by atoms with Crippen molar-refractivity contribution in [1.82, 2.24) is 14.4 Å². The minimum atomic E-state index is 0.0658. The molecule has 0 N–H and O–H groups in total. The molecule has 6 rings (SSSR count). The summed E-state index contributed by atoms with van der Waals surface area (Å²) in [7, 11) is 1.68. The summed E-state index contributed by atoms with van der Waals surface area (Å²) >= 11 is 0. The van der Waals surface area contributed by atoms with Gasteiger partial charge < -0.3 is 23.7 Å². The van der Waals surface area contributed by atoms with Crippen LogP contribution in [-0.4, -0.2) is 60.4 Å². The van der Waals surface area contributed by atoms with Gasteiger partial charge in [0.25, 0.3) is 5.91 Å². The summed E-state index contributed by atoms with van der Waals surface area (Å²) in [5.74, 6) is 2.44. The lowest BCUT2D eigenvalue weighted by atomic mass is 10.1. The fourth-order valence-electron chi connectivity index (χ4n) is 5.35. The first-order chi connectivity index (χ1) is 18.6. The molecule has 194 valence electrons. The van der Waals surface area contributed by atoms with E-state index >= 15 is 0 Å². The second-order valence-corrected chi connectivity index (χ2v) is 9.66. The lowest BCUT2D eigenvalue weighted by Gasteiger charge is -2.34. The smallest absolute Gasteiger partial charge is 0.255 e. The highest BCUT2D eigenvalue weighted by atomic mass is 16.7. The zero-order valence-electron chi connectivity index (χ0n) is 21.7. The molecular formula is C31H31N3O4. The van der Waals surface area contributed by atoms with Crippen molar-refractivity contribution in [3.63, 3.8) is 0 Å². The average molecular weight is 510 g/mol. The first-order valence-electron chi connectivity index (χ1n) is 12.9. The highest BCUT2D eigenvalue weighted by Gasteiger charge is 2.27. The van der Waals surface area contributed by atoms with Crippen LogP contribution in [0.5, 0.6) is 17.2 Å². The van der Waals surface area contributed by atoms with Crippen molar-refractivity contribution in [2.45, 2.75) is 13.5 Å². The second-order valence-electron chi connectivity index (χ2n) is 9.66. The van der Waals surface area contributed by atoms with Gasteiger partial charge in [-0.1, -0.05) is 48.5 Å². The van der Waals surface area contributed by atoms with Crippen LogP contribution in [0.1, 0.15) is 21.6 Å². The Morgan fingerprint density at radius 2 is 1.61 bits per heavy atom. The van der Waals surface area contributed by atoms with Gasteiger partial charge in [0.2, 0.25) is 6.79 Å². The van der Waals surface area contributed by atoms with Crippen LogP contribution in [0.4, 0.5) is 0 Å². The number of ether oxygens (including phenoxy) is 3. The van der Waals surface area contributed by atoms with Crippen LogP contribution in [0.3, 0.4) is 0 Å². The predicted molar refractivity (Wildman–Crippen MR) is 146 cm³/mol. The summed E-state index contributed by atoms with van der Waals surface area (Å²) in [5.41, 5.74) is 5.75. The number of piperazine rings is 1. The molecule has 7 nitrogen and oxygen atoms in total. The maximum Gasteiger partial charge on any atom is 0.255 e. The van der Waals surface area contributed by atoms with Crippen molar-refractivity contribution >= 4 is 5.91 Å². The summed E-state index contributed by atoms with van der Waals surface area (Å²) in [6, 6.07) is 26.2. The van der Waals surface area contributed by atoms with Gasteiger partial charge in [0.05, 0.1) is 24.1 Å². The summed E-state index contributed by atoms with van der Waals surface area (Å²) in [6.45, 7) is 6.12. The van der Waals surface area contributed by atoms with Crippen LogP contribution >= 0.6 is 0 Å². The molecule has 0 aliphatic carbocycles. The molecule has 1 amide bonds. The Morgan fingerprint density at radius 3 is 2.39 bits per heavy atom. The highest BCUT2D eigenvalue weighted by Crippen LogP contribution is 2.35. The van der Waals surface area contributed by atoms with Crippen LogP contribution in [-0.2, 0) is 6.54 Å². The molecule has 7 heteroatoms. The number of nitrogens with zero attached hydrogens (tertiary/aromatic N) is 3. The number of benzene rings is 3. The first-order valence-corrected chi connectivity index (χ1v) is 12.9. The predicted octanol–water partition coefficient (Wildman–Crippen LogP) is 5.15. The Morgan fingerprint density at radius 1 is 0.868 bits per heavy atom. The minimum absolute atomic E-state index is 0.0658. The van der Waals surface area contributed by atoms with Gasteiger partial charge in [-0.3, -0.25) is 9.69 Å². The zero-order chi connectivity index (χ0) is 26.1. The third kappa shape index (κ3) is 4.50. The number of methoxy groups -OCH3 is 1. The van der Waals surface area contributed by atoms with Gasteiger partial charge >= 0.3 is 0 Å². The Kier molecular flexibility index (Phi) is 6.52. The van der Waals surface area contributed by atoms with E-state index in [-0.39, 0.29) is 12.7 Å². The van der Waals surface area contributed by atoms with Crippen LogP contribution in [0.2, 0.25) is 0 Å². The Balaban J connectivity index is 1.23. The van der Waals surface area contributed by atoms with Crippen molar-refractivity contribution in [2.24, 2.45) is 0 Å². The lowest BCUT2D eigenvalue weighted by Crippen LogP contribution is -2.48. The number of fused-ring (bicyclic) bond motifs is 1. The van der Waals surface area contributed by atoms with Crippen LogP contribution in [0.15, 0.2) is 78.9 Å². The molecule has 2 aliphatic rings. The summed E-state index contributed by atoms with van der Waals surface area (Å²) in [5, 5.41) is 0. The third-order valence-electron chi connectivity index (χ3n) is 7.38. The van der Waals surface area contributed by atoms with Crippen LogP contribution < -0.4 is 14.2 Å². The molecule has 4 aromatic rings. The summed E-state index contributed by atoms with van der Waals surface area (Å²) in [6.07, 6.45) is 0. The number of carbonyl (C=O) groups is 1. The topological polar surface area (TPSA) is 56.2 Å². The molecule has 0 saturated carbocycles. The minimum Gasteiger partial charge on any atom is -0.495 e. The normalized spacial score (nSPS) is 15.1. The summed E-state index contributed by atoms with van der Waals surface area (Å²) in [4.78, 5) is 18.2. The summed E-state index contributed by atoms with van der Waals surface area (Å²) < 4.78 is 18.8. The number of aromatic nitrogens is 1. The van der Waals surface area contributed by atoms with E-state index in [4.69, 9.17) is 14.2 Å². The molecule has 38 heavy (non-hydrogen) atoms. The van der Waals surface area contributed by atoms with Crippen LogP contribution in [0, 0.1) is 6.92 Å². The van der Waals surface area contributed by atoms with Gasteiger partial charge in [-0.15, -0.1) is 0 Å². The van der Waals surface area contributed by atoms with Crippen molar-refractivity contribution in [3.8, 4) is 34.2 Å². The Bertz CT molecular complexity index is 1460. The Hall–Kier alpha value is -4.23. The monoisotopic (exact) mass is 509 g/mol. The van der Waals surface area contributed by atoms with E-state index in [1.165, 1.54) is 5.56 Å². The van der Waals surface area contributed by atoms with Crippen molar-refractivity contribution in [3.05, 3.63) is 95.7 Å². The molecule has 0 unspecified atom stereocenters. The maximum absolute atomic E-state index is 13.8. The van der Waals surface area contributed by atoms with Gasteiger partial charge in [-0.25, -0.2) is 0 Å². The number of carbonyl (C=O) groups excluding carboxylic acids is 1. The molecule has 3 heterocycles. The number of hydrogen-bond acceptors (Lipinski definition) is 5. The molecule has 0 atom stereocenters. The molecule has 2 aliphatic heterocycles. The van der Waals surface area contributed by atoms with Gasteiger partial charge in [0.15, 0.2) is 11.5 Å². The van der Waals surface area contributed by atoms with Crippen molar-refractivity contribution in [2.75, 3.05) is 40.1 Å². The van der Waals surface area contributed by atoms with E-state index in [0.29, 0.717) is 13.1 Å².